The first kappa shape index (κ1) is 8.91. The third-order valence-corrected chi connectivity index (χ3v) is 1.30. The molecule has 0 aromatic rings. The van der Waals surface area contributed by atoms with E-state index in [1.54, 1.807) is 0 Å². The standard InChI is InChI=1S/C6H5N3O4/c10-8(11)5-3-1-2-4-7-6(5)9(12)13/h1-4,7H. The lowest BCUT2D eigenvalue weighted by molar-refractivity contribution is -0.471. The largest absolute Gasteiger partial charge is 0.399 e. The highest BCUT2D eigenvalue weighted by Gasteiger charge is 2.24. The van der Waals surface area contributed by atoms with Crippen LogP contribution in [0.3, 0.4) is 0 Å². The highest BCUT2D eigenvalue weighted by molar-refractivity contribution is 5.22. The van der Waals surface area contributed by atoms with Crippen LogP contribution in [0.2, 0.25) is 0 Å². The van der Waals surface area contributed by atoms with Gasteiger partial charge in [0.15, 0.2) is 0 Å². The first-order valence-corrected chi connectivity index (χ1v) is 3.25. The van der Waals surface area contributed by atoms with Crippen molar-refractivity contribution in [3.63, 3.8) is 0 Å². The Balaban J connectivity index is 3.17. The molecule has 13 heavy (non-hydrogen) atoms. The van der Waals surface area contributed by atoms with Gasteiger partial charge in [0.25, 0.3) is 0 Å². The molecule has 0 radical (unpaired) electrons. The van der Waals surface area contributed by atoms with E-state index in [1.165, 1.54) is 18.4 Å². The molecule has 7 heteroatoms. The molecule has 0 saturated carbocycles. The average Bonchev–Trinajstić information content (AvgIpc) is 2.27. The minimum absolute atomic E-state index is 0.560. The van der Waals surface area contributed by atoms with Crippen LogP contribution >= 0.6 is 0 Å². The van der Waals surface area contributed by atoms with Crippen LogP contribution in [-0.4, -0.2) is 9.85 Å². The molecule has 0 atom stereocenters. The molecule has 0 bridgehead atoms. The maximum absolute atomic E-state index is 10.3. The highest BCUT2D eigenvalue weighted by atomic mass is 16.6. The van der Waals surface area contributed by atoms with Gasteiger partial charge >= 0.3 is 11.5 Å². The van der Waals surface area contributed by atoms with Gasteiger partial charge in [0.05, 0.1) is 11.1 Å². The predicted molar refractivity (Wildman–Crippen MR) is 42.4 cm³/mol. The molecule has 0 unspecified atom stereocenters. The first-order chi connectivity index (χ1) is 6.13. The van der Waals surface area contributed by atoms with E-state index in [2.05, 4.69) is 5.32 Å². The Morgan fingerprint density at radius 1 is 1.15 bits per heavy atom. The van der Waals surface area contributed by atoms with Crippen LogP contribution in [0.4, 0.5) is 0 Å². The molecule has 1 N–H and O–H groups in total. The predicted octanol–water partition coefficient (Wildman–Crippen LogP) is 0.382. The molecule has 0 aliphatic carbocycles. The van der Waals surface area contributed by atoms with E-state index in [0.717, 1.165) is 6.08 Å². The van der Waals surface area contributed by atoms with Crippen molar-refractivity contribution in [2.24, 2.45) is 0 Å². The van der Waals surface area contributed by atoms with Crippen molar-refractivity contribution < 1.29 is 9.85 Å². The number of nitro groups is 2. The van der Waals surface area contributed by atoms with Crippen LogP contribution in [-0.2, 0) is 0 Å². The van der Waals surface area contributed by atoms with Gasteiger partial charge in [-0.3, -0.25) is 10.1 Å². The van der Waals surface area contributed by atoms with E-state index in [9.17, 15) is 20.2 Å². The number of hydrogen-bond donors (Lipinski definition) is 1. The minimum atomic E-state index is -0.835. The molecule has 0 spiro atoms. The lowest BCUT2D eigenvalue weighted by Crippen LogP contribution is -2.18. The second kappa shape index (κ2) is 3.48. The molecule has 7 nitrogen and oxygen atoms in total. The summed E-state index contributed by atoms with van der Waals surface area (Å²) in [6.07, 6.45) is 5.10. The summed E-state index contributed by atoms with van der Waals surface area (Å²) in [4.78, 5) is 19.0. The molecule has 1 rings (SSSR count). The first-order valence-electron chi connectivity index (χ1n) is 3.25. The normalized spacial score (nSPS) is 15.1. The third kappa shape index (κ3) is 1.89. The van der Waals surface area contributed by atoms with Crippen LogP contribution in [0.15, 0.2) is 35.9 Å². The summed E-state index contributed by atoms with van der Waals surface area (Å²) < 4.78 is 0. The zero-order chi connectivity index (χ0) is 9.84. The van der Waals surface area contributed by atoms with Gasteiger partial charge in [-0.05, 0) is 11.0 Å². The van der Waals surface area contributed by atoms with Crippen molar-refractivity contribution in [1.29, 1.82) is 0 Å². The molecule has 1 aliphatic rings. The van der Waals surface area contributed by atoms with E-state index < -0.39 is 21.4 Å². The molecule has 0 aromatic heterocycles. The second-order valence-corrected chi connectivity index (χ2v) is 2.11. The fourth-order valence-corrected chi connectivity index (χ4v) is 0.776. The van der Waals surface area contributed by atoms with Crippen LogP contribution in [0.25, 0.3) is 0 Å². The van der Waals surface area contributed by atoms with Gasteiger partial charge in [0.2, 0.25) is 0 Å². The monoisotopic (exact) mass is 183 g/mol. The fraction of sp³-hybridized carbons (Fsp3) is 0. The van der Waals surface area contributed by atoms with Crippen LogP contribution in [0.1, 0.15) is 0 Å². The Morgan fingerprint density at radius 2 is 1.85 bits per heavy atom. The Labute approximate surface area is 72.3 Å². The van der Waals surface area contributed by atoms with E-state index in [-0.39, 0.29) is 0 Å². The van der Waals surface area contributed by atoms with E-state index in [0.29, 0.717) is 0 Å². The van der Waals surface area contributed by atoms with Gasteiger partial charge in [-0.1, -0.05) is 6.08 Å². The van der Waals surface area contributed by atoms with Crippen molar-refractivity contribution in [1.82, 2.24) is 5.32 Å². The molecule has 68 valence electrons. The second-order valence-electron chi connectivity index (χ2n) is 2.11. The van der Waals surface area contributed by atoms with Crippen LogP contribution < -0.4 is 5.32 Å². The quantitative estimate of drug-likeness (QED) is 0.492. The molecule has 0 saturated heterocycles. The zero-order valence-electron chi connectivity index (χ0n) is 6.34. The molecule has 0 amide bonds. The maximum atomic E-state index is 10.3. The maximum Gasteiger partial charge on any atom is 0.399 e. The molecule has 1 heterocycles. The number of rotatable bonds is 2. The Bertz CT molecular complexity index is 342. The number of nitrogens with one attached hydrogen (secondary N) is 1. The van der Waals surface area contributed by atoms with Gasteiger partial charge in [0, 0.05) is 6.08 Å². The minimum Gasteiger partial charge on any atom is -0.358 e. The number of hydrogen-bond acceptors (Lipinski definition) is 5. The smallest absolute Gasteiger partial charge is 0.358 e. The van der Waals surface area contributed by atoms with Gasteiger partial charge < -0.3 is 10.1 Å². The molecule has 0 fully saturated rings. The lowest BCUT2D eigenvalue weighted by Gasteiger charge is -1.97. The Morgan fingerprint density at radius 3 is 2.38 bits per heavy atom. The third-order valence-electron chi connectivity index (χ3n) is 1.30. The van der Waals surface area contributed by atoms with E-state index in [1.807, 2.05) is 0 Å². The van der Waals surface area contributed by atoms with Gasteiger partial charge in [0.1, 0.15) is 0 Å². The van der Waals surface area contributed by atoms with Crippen LogP contribution in [0, 0.1) is 20.2 Å². The molecular weight excluding hydrogens is 178 g/mol. The fourth-order valence-electron chi connectivity index (χ4n) is 0.776. The van der Waals surface area contributed by atoms with Crippen molar-refractivity contribution in [2.45, 2.75) is 0 Å². The van der Waals surface area contributed by atoms with Gasteiger partial charge in [-0.2, -0.15) is 0 Å². The SMILES string of the molecule is O=[N+]([O-])C1=C([N+](=O)[O-])NC=CC=C1. The summed E-state index contributed by atoms with van der Waals surface area (Å²) in [5, 5.41) is 22.9. The average molecular weight is 183 g/mol. The summed E-state index contributed by atoms with van der Waals surface area (Å²) in [5.41, 5.74) is -0.560. The zero-order valence-corrected chi connectivity index (χ0v) is 6.34. The van der Waals surface area contributed by atoms with Crippen molar-refractivity contribution >= 4 is 0 Å². The topological polar surface area (TPSA) is 98.3 Å². The number of nitrogens with zero attached hydrogens (tertiary/aromatic N) is 2. The molecular formula is C6H5N3O4. The van der Waals surface area contributed by atoms with Crippen molar-refractivity contribution in [2.75, 3.05) is 0 Å². The highest BCUT2D eigenvalue weighted by Crippen LogP contribution is 2.07. The van der Waals surface area contributed by atoms with E-state index >= 15 is 0 Å². The van der Waals surface area contributed by atoms with Crippen molar-refractivity contribution in [3.8, 4) is 0 Å². The summed E-state index contributed by atoms with van der Waals surface area (Å²) in [6.45, 7) is 0. The summed E-state index contributed by atoms with van der Waals surface area (Å²) in [6, 6.07) is 0. The van der Waals surface area contributed by atoms with Crippen LogP contribution in [0.5, 0.6) is 0 Å². The van der Waals surface area contributed by atoms with E-state index in [4.69, 9.17) is 0 Å². The van der Waals surface area contributed by atoms with Gasteiger partial charge in [-0.15, -0.1) is 0 Å². The molecule has 0 aromatic carbocycles. The van der Waals surface area contributed by atoms with Crippen molar-refractivity contribution in [3.05, 3.63) is 56.2 Å². The Hall–Kier alpha value is -2.18. The summed E-state index contributed by atoms with van der Waals surface area (Å²) in [7, 11) is 0. The summed E-state index contributed by atoms with van der Waals surface area (Å²) in [5.74, 6) is -0.630. The Kier molecular flexibility index (Phi) is 2.38. The van der Waals surface area contributed by atoms with Gasteiger partial charge in [-0.25, -0.2) is 5.32 Å². The lowest BCUT2D eigenvalue weighted by atomic mass is 10.4. The number of allylic oxidation sites excluding steroid dienone is 3. The molecule has 1 aliphatic heterocycles. The summed E-state index contributed by atoms with van der Waals surface area (Å²) >= 11 is 0.